The van der Waals surface area contributed by atoms with E-state index in [2.05, 4.69) is 5.32 Å². The zero-order chi connectivity index (χ0) is 16.7. The zero-order valence-electron chi connectivity index (χ0n) is 13.1. The van der Waals surface area contributed by atoms with Gasteiger partial charge in [-0.25, -0.2) is 4.39 Å². The van der Waals surface area contributed by atoms with E-state index in [0.717, 1.165) is 37.1 Å². The predicted octanol–water partition coefficient (Wildman–Crippen LogP) is 4.09. The summed E-state index contributed by atoms with van der Waals surface area (Å²) in [4.78, 5) is 12.0. The minimum Gasteiger partial charge on any atom is -0.455 e. The van der Waals surface area contributed by atoms with Crippen molar-refractivity contribution in [3.05, 3.63) is 53.3 Å². The zero-order valence-corrected chi connectivity index (χ0v) is 13.1. The number of furan rings is 1. The number of nitrogens with one attached hydrogen (secondary N) is 1. The van der Waals surface area contributed by atoms with Gasteiger partial charge in [0, 0.05) is 29.2 Å². The van der Waals surface area contributed by atoms with Crippen molar-refractivity contribution < 1.29 is 13.6 Å². The molecule has 122 valence electrons. The number of anilines is 1. The summed E-state index contributed by atoms with van der Waals surface area (Å²) >= 11 is 0. The third kappa shape index (κ3) is 2.42. The molecule has 2 heterocycles. The average molecular weight is 324 g/mol. The van der Waals surface area contributed by atoms with Gasteiger partial charge in [-0.3, -0.25) is 4.79 Å². The second-order valence-corrected chi connectivity index (χ2v) is 6.07. The molecule has 0 unspecified atom stereocenters. The number of aryl methyl sites for hydroxylation is 1. The maximum Gasteiger partial charge on any atom is 0.253 e. The highest BCUT2D eigenvalue weighted by Crippen LogP contribution is 2.37. The van der Waals surface area contributed by atoms with Crippen LogP contribution in [0.2, 0.25) is 0 Å². The number of nitrogens with two attached hydrogens (primary N) is 1. The van der Waals surface area contributed by atoms with Gasteiger partial charge in [-0.05, 0) is 55.2 Å². The Morgan fingerprint density at radius 1 is 1.17 bits per heavy atom. The number of carbonyl (C=O) groups excluding carboxylic acids is 1. The second kappa shape index (κ2) is 5.67. The maximum absolute atomic E-state index is 13.2. The van der Waals surface area contributed by atoms with Crippen LogP contribution in [0.5, 0.6) is 0 Å². The van der Waals surface area contributed by atoms with Crippen molar-refractivity contribution >= 4 is 22.6 Å². The van der Waals surface area contributed by atoms with E-state index in [1.165, 1.54) is 12.1 Å². The molecule has 3 aromatic rings. The van der Waals surface area contributed by atoms with Crippen LogP contribution < -0.4 is 11.1 Å². The standard InChI is InChI=1S/C19H17FN2O2/c20-13-6-4-11(5-7-13)18-17(19(21)23)14-9-12-3-1-2-8-22-15(12)10-16(14)24-18/h4-7,9-10,22H,1-3,8H2,(H2,21,23). The molecule has 0 saturated carbocycles. The number of primary amides is 1. The Kier molecular flexibility index (Phi) is 3.49. The first kappa shape index (κ1) is 14.8. The summed E-state index contributed by atoms with van der Waals surface area (Å²) in [6.07, 6.45) is 3.16. The molecule has 1 aromatic heterocycles. The van der Waals surface area contributed by atoms with Gasteiger partial charge in [-0.15, -0.1) is 0 Å². The van der Waals surface area contributed by atoms with E-state index in [1.807, 2.05) is 12.1 Å². The molecule has 24 heavy (non-hydrogen) atoms. The first-order chi connectivity index (χ1) is 11.6. The van der Waals surface area contributed by atoms with Crippen LogP contribution in [-0.2, 0) is 6.42 Å². The molecule has 0 atom stereocenters. The summed E-state index contributed by atoms with van der Waals surface area (Å²) in [5, 5.41) is 4.11. The lowest BCUT2D eigenvalue weighted by Crippen LogP contribution is -2.11. The number of carbonyl (C=O) groups is 1. The minimum atomic E-state index is -0.547. The Hall–Kier alpha value is -2.82. The molecule has 5 heteroatoms. The average Bonchev–Trinajstić information content (AvgIpc) is 2.77. The smallest absolute Gasteiger partial charge is 0.253 e. The molecule has 4 nitrogen and oxygen atoms in total. The third-order valence-corrected chi connectivity index (χ3v) is 4.45. The lowest BCUT2D eigenvalue weighted by atomic mass is 10.0. The SMILES string of the molecule is NC(=O)c1c(-c2ccc(F)cc2)oc2cc3c(cc12)CCCCN3. The molecule has 1 aliphatic heterocycles. The van der Waals surface area contributed by atoms with Crippen molar-refractivity contribution in [3.63, 3.8) is 0 Å². The van der Waals surface area contributed by atoms with Crippen LogP contribution in [0, 0.1) is 5.82 Å². The molecular weight excluding hydrogens is 307 g/mol. The fourth-order valence-electron chi connectivity index (χ4n) is 3.27. The largest absolute Gasteiger partial charge is 0.455 e. The van der Waals surface area contributed by atoms with Crippen molar-refractivity contribution in [1.82, 2.24) is 0 Å². The molecule has 0 aliphatic carbocycles. The van der Waals surface area contributed by atoms with Gasteiger partial charge in [0.2, 0.25) is 0 Å². The summed E-state index contributed by atoms with van der Waals surface area (Å²) in [5.74, 6) is -0.501. The Morgan fingerprint density at radius 2 is 1.96 bits per heavy atom. The van der Waals surface area contributed by atoms with Crippen LogP contribution in [0.3, 0.4) is 0 Å². The normalized spacial score (nSPS) is 14.0. The number of hydrogen-bond acceptors (Lipinski definition) is 3. The molecule has 1 aliphatic rings. The molecule has 4 rings (SSSR count). The van der Waals surface area contributed by atoms with Gasteiger partial charge < -0.3 is 15.5 Å². The Labute approximate surface area is 138 Å². The van der Waals surface area contributed by atoms with Crippen LogP contribution in [0.1, 0.15) is 28.8 Å². The third-order valence-electron chi connectivity index (χ3n) is 4.45. The summed E-state index contributed by atoms with van der Waals surface area (Å²) in [6, 6.07) is 9.76. The predicted molar refractivity (Wildman–Crippen MR) is 91.6 cm³/mol. The fourth-order valence-corrected chi connectivity index (χ4v) is 3.27. The molecule has 2 aromatic carbocycles. The number of halogens is 1. The van der Waals surface area contributed by atoms with E-state index in [0.29, 0.717) is 27.9 Å². The molecule has 3 N–H and O–H groups in total. The number of rotatable bonds is 2. The second-order valence-electron chi connectivity index (χ2n) is 6.07. The summed E-state index contributed by atoms with van der Waals surface area (Å²) in [6.45, 7) is 0.923. The Bertz CT molecular complexity index is 929. The highest BCUT2D eigenvalue weighted by molar-refractivity contribution is 6.11. The van der Waals surface area contributed by atoms with Gasteiger partial charge in [0.05, 0.1) is 5.56 Å². The first-order valence-corrected chi connectivity index (χ1v) is 8.02. The molecule has 0 bridgehead atoms. The number of hydrogen-bond donors (Lipinski definition) is 2. The van der Waals surface area contributed by atoms with Crippen LogP contribution in [0.4, 0.5) is 10.1 Å². The van der Waals surface area contributed by atoms with E-state index < -0.39 is 5.91 Å². The van der Waals surface area contributed by atoms with E-state index in [-0.39, 0.29) is 5.82 Å². The maximum atomic E-state index is 13.2. The highest BCUT2D eigenvalue weighted by atomic mass is 19.1. The fraction of sp³-hybridized carbons (Fsp3) is 0.211. The molecule has 1 amide bonds. The van der Waals surface area contributed by atoms with Crippen molar-refractivity contribution in [2.24, 2.45) is 5.73 Å². The van der Waals surface area contributed by atoms with Gasteiger partial charge in [0.15, 0.2) is 0 Å². The van der Waals surface area contributed by atoms with Crippen LogP contribution in [-0.4, -0.2) is 12.5 Å². The minimum absolute atomic E-state index is 0.341. The van der Waals surface area contributed by atoms with Crippen LogP contribution in [0.15, 0.2) is 40.8 Å². The van der Waals surface area contributed by atoms with Crippen molar-refractivity contribution in [3.8, 4) is 11.3 Å². The van der Waals surface area contributed by atoms with E-state index in [4.69, 9.17) is 10.2 Å². The van der Waals surface area contributed by atoms with Gasteiger partial charge in [-0.2, -0.15) is 0 Å². The lowest BCUT2D eigenvalue weighted by Gasteiger charge is -2.07. The topological polar surface area (TPSA) is 68.3 Å². The Morgan fingerprint density at radius 3 is 2.71 bits per heavy atom. The monoisotopic (exact) mass is 324 g/mol. The molecule has 0 radical (unpaired) electrons. The highest BCUT2D eigenvalue weighted by Gasteiger charge is 2.22. The van der Waals surface area contributed by atoms with Crippen LogP contribution >= 0.6 is 0 Å². The van der Waals surface area contributed by atoms with Crippen molar-refractivity contribution in [2.45, 2.75) is 19.3 Å². The van der Waals surface area contributed by atoms with E-state index >= 15 is 0 Å². The van der Waals surface area contributed by atoms with Gasteiger partial charge >= 0.3 is 0 Å². The molecule has 0 saturated heterocycles. The number of amides is 1. The van der Waals surface area contributed by atoms with Crippen LogP contribution in [0.25, 0.3) is 22.3 Å². The summed E-state index contributed by atoms with van der Waals surface area (Å²) in [5.41, 5.74) is 9.40. The van der Waals surface area contributed by atoms with Gasteiger partial charge in [-0.1, -0.05) is 0 Å². The summed E-state index contributed by atoms with van der Waals surface area (Å²) < 4.78 is 19.1. The first-order valence-electron chi connectivity index (χ1n) is 8.02. The molecular formula is C19H17FN2O2. The Balaban J connectivity index is 1.96. The van der Waals surface area contributed by atoms with Gasteiger partial charge in [0.1, 0.15) is 17.2 Å². The molecule has 0 spiro atoms. The van der Waals surface area contributed by atoms with E-state index in [1.54, 1.807) is 12.1 Å². The number of benzene rings is 2. The summed E-state index contributed by atoms with van der Waals surface area (Å²) in [7, 11) is 0. The quantitative estimate of drug-likeness (QED) is 0.746. The van der Waals surface area contributed by atoms with Gasteiger partial charge in [0.25, 0.3) is 5.91 Å². The molecule has 0 fully saturated rings. The lowest BCUT2D eigenvalue weighted by molar-refractivity contribution is 0.100. The van der Waals surface area contributed by atoms with E-state index in [9.17, 15) is 9.18 Å². The van der Waals surface area contributed by atoms with Crippen molar-refractivity contribution in [1.29, 1.82) is 0 Å². The van der Waals surface area contributed by atoms with Crippen molar-refractivity contribution in [2.75, 3.05) is 11.9 Å². The number of fused-ring (bicyclic) bond motifs is 2.